The lowest BCUT2D eigenvalue weighted by atomic mass is 10.4. The Labute approximate surface area is 105 Å². The molecular weight excluding hydrogens is 246 g/mol. The van der Waals surface area contributed by atoms with E-state index in [-0.39, 0.29) is 0 Å². The van der Waals surface area contributed by atoms with Crippen molar-refractivity contribution in [2.75, 3.05) is 22.6 Å². The Morgan fingerprint density at radius 3 is 1.79 bits per heavy atom. The molecule has 0 atom stereocenters. The summed E-state index contributed by atoms with van der Waals surface area (Å²) in [4.78, 5) is 12.6. The lowest BCUT2D eigenvalue weighted by Crippen LogP contribution is -2.08. The summed E-state index contributed by atoms with van der Waals surface area (Å²) in [6.07, 6.45) is 0. The van der Waals surface area contributed by atoms with Crippen molar-refractivity contribution in [2.45, 2.75) is 0 Å². The Kier molecular flexibility index (Phi) is 1.53. The van der Waals surface area contributed by atoms with E-state index in [2.05, 4.69) is 25.4 Å². The SMILES string of the molecule is NNc1[nH]c2c([nH]c3c4[nH]c(N)c(N)c4[nH]c23)c1N. The number of H-pyrrole nitrogens is 4. The molecule has 98 valence electrons. The van der Waals surface area contributed by atoms with Gasteiger partial charge in [-0.05, 0) is 0 Å². The molecule has 4 aromatic heterocycles. The molecule has 4 aromatic rings. The molecule has 0 bridgehead atoms. The lowest BCUT2D eigenvalue weighted by Gasteiger charge is -1.95. The van der Waals surface area contributed by atoms with Gasteiger partial charge in [-0.15, -0.1) is 0 Å². The molecule has 13 N–H and O–H groups in total. The van der Waals surface area contributed by atoms with Gasteiger partial charge in [0.1, 0.15) is 11.6 Å². The molecule has 0 saturated heterocycles. The monoisotopic (exact) mass is 259 g/mol. The Balaban J connectivity index is 2.20. The number of hydrogen-bond acceptors (Lipinski definition) is 5. The highest BCUT2D eigenvalue weighted by Crippen LogP contribution is 2.38. The maximum atomic E-state index is 5.97. The average molecular weight is 259 g/mol. The van der Waals surface area contributed by atoms with E-state index in [0.29, 0.717) is 23.0 Å². The van der Waals surface area contributed by atoms with Crippen LogP contribution in [0.4, 0.5) is 23.0 Å². The van der Waals surface area contributed by atoms with Gasteiger partial charge in [-0.25, -0.2) is 5.84 Å². The molecule has 4 heterocycles. The first-order valence-electron chi connectivity index (χ1n) is 5.65. The Morgan fingerprint density at radius 2 is 1.16 bits per heavy atom. The van der Waals surface area contributed by atoms with Crippen LogP contribution in [-0.2, 0) is 0 Å². The summed E-state index contributed by atoms with van der Waals surface area (Å²) < 4.78 is 0. The second-order valence-corrected chi connectivity index (χ2v) is 4.51. The number of nitrogens with one attached hydrogen (secondary N) is 5. The van der Waals surface area contributed by atoms with Crippen LogP contribution in [-0.4, -0.2) is 19.9 Å². The van der Waals surface area contributed by atoms with Crippen molar-refractivity contribution in [3.05, 3.63) is 0 Å². The maximum absolute atomic E-state index is 5.97. The van der Waals surface area contributed by atoms with Gasteiger partial charge < -0.3 is 42.6 Å². The largest absolute Gasteiger partial charge is 0.394 e. The summed E-state index contributed by atoms with van der Waals surface area (Å²) in [7, 11) is 0. The van der Waals surface area contributed by atoms with Crippen molar-refractivity contribution in [1.82, 2.24) is 19.9 Å². The van der Waals surface area contributed by atoms with E-state index in [1.54, 1.807) is 0 Å². The van der Waals surface area contributed by atoms with Crippen molar-refractivity contribution in [1.29, 1.82) is 0 Å². The number of anilines is 4. The summed E-state index contributed by atoms with van der Waals surface area (Å²) in [5.41, 5.74) is 26.1. The van der Waals surface area contributed by atoms with Gasteiger partial charge in [0.05, 0.1) is 44.5 Å². The Morgan fingerprint density at radius 1 is 0.632 bits per heavy atom. The van der Waals surface area contributed by atoms with Gasteiger partial charge in [0, 0.05) is 0 Å². The zero-order chi connectivity index (χ0) is 13.3. The minimum atomic E-state index is 0.443. The van der Waals surface area contributed by atoms with E-state index in [0.717, 1.165) is 33.1 Å². The number of aromatic amines is 4. The van der Waals surface area contributed by atoms with Gasteiger partial charge in [-0.2, -0.15) is 0 Å². The van der Waals surface area contributed by atoms with Gasteiger partial charge in [-0.1, -0.05) is 0 Å². The third-order valence-corrected chi connectivity index (χ3v) is 3.50. The number of rotatable bonds is 1. The van der Waals surface area contributed by atoms with Crippen LogP contribution in [0, 0.1) is 0 Å². The summed E-state index contributed by atoms with van der Waals surface area (Å²) in [5, 5.41) is 0. The van der Waals surface area contributed by atoms with E-state index in [4.69, 9.17) is 23.0 Å². The van der Waals surface area contributed by atoms with Crippen molar-refractivity contribution >= 4 is 56.1 Å². The summed E-state index contributed by atoms with van der Waals surface area (Å²) in [6, 6.07) is 0. The molecule has 0 amide bonds. The second-order valence-electron chi connectivity index (χ2n) is 4.51. The molecule has 0 aromatic carbocycles. The number of nitrogen functional groups attached to an aromatic ring is 4. The average Bonchev–Trinajstić information content (AvgIpc) is 3.05. The van der Waals surface area contributed by atoms with Gasteiger partial charge in [-0.3, -0.25) is 0 Å². The van der Waals surface area contributed by atoms with E-state index in [9.17, 15) is 0 Å². The van der Waals surface area contributed by atoms with Crippen LogP contribution >= 0.6 is 0 Å². The van der Waals surface area contributed by atoms with Crippen LogP contribution in [0.3, 0.4) is 0 Å². The highest BCUT2D eigenvalue weighted by molar-refractivity contribution is 6.20. The first-order chi connectivity index (χ1) is 9.11. The molecule has 0 radical (unpaired) electrons. The van der Waals surface area contributed by atoms with E-state index < -0.39 is 0 Å². The topological polar surface area (TPSA) is 179 Å². The van der Waals surface area contributed by atoms with Crippen LogP contribution in [0.2, 0.25) is 0 Å². The minimum Gasteiger partial charge on any atom is -0.394 e. The number of hydrogen-bond donors (Lipinski definition) is 9. The molecule has 9 nitrogen and oxygen atoms in total. The molecule has 0 unspecified atom stereocenters. The number of nitrogens with two attached hydrogens (primary N) is 4. The Hall–Kier alpha value is -2.94. The van der Waals surface area contributed by atoms with Crippen LogP contribution < -0.4 is 28.5 Å². The first kappa shape index (κ1) is 10.0. The summed E-state index contributed by atoms with van der Waals surface area (Å²) in [5.74, 6) is 6.40. The third kappa shape index (κ3) is 0.985. The molecule has 9 heteroatoms. The highest BCUT2D eigenvalue weighted by Gasteiger charge is 2.19. The normalized spacial score (nSPS) is 12.1. The van der Waals surface area contributed by atoms with Crippen molar-refractivity contribution in [3.63, 3.8) is 0 Å². The lowest BCUT2D eigenvalue weighted by molar-refractivity contribution is 1.29. The molecular formula is C10H13N9. The molecule has 0 spiro atoms. The fraction of sp³-hybridized carbons (Fsp3) is 0. The smallest absolute Gasteiger partial charge is 0.143 e. The maximum Gasteiger partial charge on any atom is 0.143 e. The van der Waals surface area contributed by atoms with E-state index >= 15 is 0 Å². The van der Waals surface area contributed by atoms with E-state index in [1.165, 1.54) is 0 Å². The molecule has 0 aliphatic heterocycles. The zero-order valence-corrected chi connectivity index (χ0v) is 9.81. The molecule has 0 saturated carbocycles. The summed E-state index contributed by atoms with van der Waals surface area (Å²) >= 11 is 0. The highest BCUT2D eigenvalue weighted by atomic mass is 15.3. The molecule has 0 aliphatic rings. The molecule has 4 rings (SSSR count). The number of hydrazine groups is 1. The van der Waals surface area contributed by atoms with Gasteiger partial charge in [0.25, 0.3) is 0 Å². The van der Waals surface area contributed by atoms with Crippen LogP contribution in [0.1, 0.15) is 0 Å². The minimum absolute atomic E-state index is 0.443. The van der Waals surface area contributed by atoms with Crippen molar-refractivity contribution in [2.24, 2.45) is 5.84 Å². The second kappa shape index (κ2) is 2.90. The van der Waals surface area contributed by atoms with Crippen molar-refractivity contribution in [3.8, 4) is 0 Å². The van der Waals surface area contributed by atoms with Gasteiger partial charge in [0.2, 0.25) is 0 Å². The standard InChI is InChI=1S/C10H13N9/c11-1-3-5(17-9(1)13)7-8(15-3)6-4(16-7)2(12)10(18-6)19-14/h15-19H,11-14H2. The van der Waals surface area contributed by atoms with Crippen LogP contribution in [0.5, 0.6) is 0 Å². The molecule has 0 fully saturated rings. The summed E-state index contributed by atoms with van der Waals surface area (Å²) in [6.45, 7) is 0. The molecule has 19 heavy (non-hydrogen) atoms. The van der Waals surface area contributed by atoms with Crippen molar-refractivity contribution < 1.29 is 0 Å². The quantitative estimate of drug-likeness (QED) is 0.178. The van der Waals surface area contributed by atoms with Crippen LogP contribution in [0.15, 0.2) is 0 Å². The first-order valence-corrected chi connectivity index (χ1v) is 5.65. The molecule has 0 aliphatic carbocycles. The van der Waals surface area contributed by atoms with E-state index in [1.807, 2.05) is 0 Å². The number of fused-ring (bicyclic) bond motifs is 5. The predicted molar refractivity (Wildman–Crippen MR) is 77.4 cm³/mol. The number of aromatic nitrogens is 4. The van der Waals surface area contributed by atoms with Gasteiger partial charge >= 0.3 is 0 Å². The Bertz CT molecular complexity index is 931. The third-order valence-electron chi connectivity index (χ3n) is 3.50. The van der Waals surface area contributed by atoms with Crippen LogP contribution in [0.25, 0.3) is 33.1 Å². The fourth-order valence-corrected chi connectivity index (χ4v) is 2.55. The fourth-order valence-electron chi connectivity index (χ4n) is 2.55. The predicted octanol–water partition coefficient (Wildman–Crippen LogP) is 0.491. The van der Waals surface area contributed by atoms with Gasteiger partial charge in [0.15, 0.2) is 0 Å². The zero-order valence-electron chi connectivity index (χ0n) is 9.81.